The van der Waals surface area contributed by atoms with Crippen molar-refractivity contribution >= 4 is 15.9 Å². The van der Waals surface area contributed by atoms with Gasteiger partial charge < -0.3 is 10.5 Å². The van der Waals surface area contributed by atoms with E-state index in [-0.39, 0.29) is 0 Å². The highest BCUT2D eigenvalue weighted by Crippen LogP contribution is 2.25. The number of nitrogens with two attached hydrogens (primary N) is 1. The molecule has 0 atom stereocenters. The minimum atomic E-state index is 0.681. The number of rotatable bonds is 4. The molecule has 1 aromatic carbocycles. The summed E-state index contributed by atoms with van der Waals surface area (Å²) in [7, 11) is 0. The summed E-state index contributed by atoms with van der Waals surface area (Å²) in [5.41, 5.74) is 6.69. The standard InChI is InChI=1S/C10H14BrNO/c1-2-13-10-4-3-8(5-6-12)7-9(10)11/h3-4,7H,2,5-6,12H2,1H3. The third kappa shape index (κ3) is 3.01. The number of halogens is 1. The van der Waals surface area contributed by atoms with Crippen LogP contribution < -0.4 is 10.5 Å². The van der Waals surface area contributed by atoms with Gasteiger partial charge >= 0.3 is 0 Å². The summed E-state index contributed by atoms with van der Waals surface area (Å²) in [4.78, 5) is 0. The quantitative estimate of drug-likeness (QED) is 0.882. The Hall–Kier alpha value is -0.540. The minimum absolute atomic E-state index is 0.681. The molecule has 2 nitrogen and oxygen atoms in total. The Balaban J connectivity index is 2.79. The van der Waals surface area contributed by atoms with Gasteiger partial charge in [-0.2, -0.15) is 0 Å². The Bertz CT molecular complexity index is 276. The largest absolute Gasteiger partial charge is 0.493 e. The van der Waals surface area contributed by atoms with Crippen LogP contribution in [0.3, 0.4) is 0 Å². The van der Waals surface area contributed by atoms with Crippen molar-refractivity contribution in [2.75, 3.05) is 13.2 Å². The second kappa shape index (κ2) is 5.25. The van der Waals surface area contributed by atoms with E-state index in [1.165, 1.54) is 5.56 Å². The van der Waals surface area contributed by atoms with E-state index in [4.69, 9.17) is 10.5 Å². The fourth-order valence-electron chi connectivity index (χ4n) is 1.14. The van der Waals surface area contributed by atoms with E-state index in [9.17, 15) is 0 Å². The van der Waals surface area contributed by atoms with E-state index in [1.807, 2.05) is 19.1 Å². The molecule has 0 heterocycles. The first kappa shape index (κ1) is 10.5. The van der Waals surface area contributed by atoms with E-state index in [1.54, 1.807) is 0 Å². The molecule has 0 fully saturated rings. The van der Waals surface area contributed by atoms with Crippen molar-refractivity contribution in [2.45, 2.75) is 13.3 Å². The molecule has 0 unspecified atom stereocenters. The average Bonchev–Trinajstić information content (AvgIpc) is 2.10. The molecule has 0 radical (unpaired) electrons. The average molecular weight is 244 g/mol. The maximum atomic E-state index is 5.46. The fraction of sp³-hybridized carbons (Fsp3) is 0.400. The summed E-state index contributed by atoms with van der Waals surface area (Å²) >= 11 is 3.45. The van der Waals surface area contributed by atoms with Crippen molar-refractivity contribution < 1.29 is 4.74 Å². The third-order valence-corrected chi connectivity index (χ3v) is 2.35. The smallest absolute Gasteiger partial charge is 0.133 e. The maximum Gasteiger partial charge on any atom is 0.133 e. The molecule has 1 rings (SSSR count). The molecular weight excluding hydrogens is 230 g/mol. The Kier molecular flexibility index (Phi) is 4.25. The third-order valence-electron chi connectivity index (χ3n) is 1.73. The van der Waals surface area contributed by atoms with Crippen LogP contribution in [0.15, 0.2) is 22.7 Å². The Labute approximate surface area is 87.2 Å². The monoisotopic (exact) mass is 243 g/mol. The number of benzene rings is 1. The number of hydrogen-bond donors (Lipinski definition) is 1. The lowest BCUT2D eigenvalue weighted by Crippen LogP contribution is -2.02. The second-order valence-electron chi connectivity index (χ2n) is 2.74. The molecule has 0 saturated heterocycles. The van der Waals surface area contributed by atoms with Crippen LogP contribution in [-0.2, 0) is 6.42 Å². The highest BCUT2D eigenvalue weighted by atomic mass is 79.9. The van der Waals surface area contributed by atoms with Crippen LogP contribution in [0.25, 0.3) is 0 Å². The highest BCUT2D eigenvalue weighted by molar-refractivity contribution is 9.10. The van der Waals surface area contributed by atoms with Gasteiger partial charge in [0, 0.05) is 0 Å². The Morgan fingerprint density at radius 3 is 2.77 bits per heavy atom. The molecule has 0 amide bonds. The number of ether oxygens (including phenoxy) is 1. The predicted octanol–water partition coefficient (Wildman–Crippen LogP) is 2.35. The lowest BCUT2D eigenvalue weighted by molar-refractivity contribution is 0.338. The van der Waals surface area contributed by atoms with Crippen molar-refractivity contribution in [3.63, 3.8) is 0 Å². The molecule has 0 bridgehead atoms. The first-order valence-electron chi connectivity index (χ1n) is 4.39. The minimum Gasteiger partial charge on any atom is -0.493 e. The zero-order valence-corrected chi connectivity index (χ0v) is 9.30. The highest BCUT2D eigenvalue weighted by Gasteiger charge is 2.00. The van der Waals surface area contributed by atoms with Gasteiger partial charge in [-0.15, -0.1) is 0 Å². The van der Waals surface area contributed by atoms with Gasteiger partial charge in [0.05, 0.1) is 11.1 Å². The molecule has 0 spiro atoms. The van der Waals surface area contributed by atoms with E-state index in [2.05, 4.69) is 22.0 Å². The summed E-state index contributed by atoms with van der Waals surface area (Å²) < 4.78 is 6.39. The molecule has 3 heteroatoms. The lowest BCUT2D eigenvalue weighted by Gasteiger charge is -2.07. The zero-order valence-electron chi connectivity index (χ0n) is 7.72. The van der Waals surface area contributed by atoms with Gasteiger partial charge in [0.25, 0.3) is 0 Å². The van der Waals surface area contributed by atoms with Crippen molar-refractivity contribution in [3.05, 3.63) is 28.2 Å². The molecule has 0 aliphatic carbocycles. The van der Waals surface area contributed by atoms with Crippen LogP contribution in [0.2, 0.25) is 0 Å². The van der Waals surface area contributed by atoms with Gasteiger partial charge in [0.1, 0.15) is 5.75 Å². The van der Waals surface area contributed by atoms with E-state index in [0.717, 1.165) is 16.6 Å². The van der Waals surface area contributed by atoms with Gasteiger partial charge in [-0.05, 0) is 53.5 Å². The summed E-state index contributed by atoms with van der Waals surface area (Å²) in [5, 5.41) is 0. The molecule has 2 N–H and O–H groups in total. The van der Waals surface area contributed by atoms with Crippen molar-refractivity contribution in [2.24, 2.45) is 5.73 Å². The maximum absolute atomic E-state index is 5.46. The molecule has 0 aromatic heterocycles. The summed E-state index contributed by atoms with van der Waals surface area (Å²) in [5.74, 6) is 0.892. The van der Waals surface area contributed by atoms with E-state index >= 15 is 0 Å². The SMILES string of the molecule is CCOc1ccc(CCN)cc1Br. The second-order valence-corrected chi connectivity index (χ2v) is 3.59. The predicted molar refractivity (Wildman–Crippen MR) is 58.1 cm³/mol. The summed E-state index contributed by atoms with van der Waals surface area (Å²) in [6.45, 7) is 3.34. The molecule has 13 heavy (non-hydrogen) atoms. The normalized spacial score (nSPS) is 10.1. The fourth-order valence-corrected chi connectivity index (χ4v) is 1.68. The van der Waals surface area contributed by atoms with Gasteiger partial charge in [-0.25, -0.2) is 0 Å². The number of hydrogen-bond acceptors (Lipinski definition) is 2. The van der Waals surface area contributed by atoms with Gasteiger partial charge in [-0.3, -0.25) is 0 Å². The molecular formula is C10H14BrNO. The van der Waals surface area contributed by atoms with Crippen molar-refractivity contribution in [3.8, 4) is 5.75 Å². The Morgan fingerprint density at radius 1 is 1.46 bits per heavy atom. The van der Waals surface area contributed by atoms with Gasteiger partial charge in [0.15, 0.2) is 0 Å². The summed E-state index contributed by atoms with van der Waals surface area (Å²) in [6, 6.07) is 6.07. The molecule has 1 aromatic rings. The zero-order chi connectivity index (χ0) is 9.68. The first-order valence-corrected chi connectivity index (χ1v) is 5.18. The van der Waals surface area contributed by atoms with Crippen LogP contribution in [0.4, 0.5) is 0 Å². The van der Waals surface area contributed by atoms with Gasteiger partial charge in [-0.1, -0.05) is 6.07 Å². The Morgan fingerprint density at radius 2 is 2.23 bits per heavy atom. The van der Waals surface area contributed by atoms with E-state index < -0.39 is 0 Å². The molecule has 0 saturated carbocycles. The van der Waals surface area contributed by atoms with Crippen LogP contribution in [-0.4, -0.2) is 13.2 Å². The molecule has 0 aliphatic heterocycles. The lowest BCUT2D eigenvalue weighted by atomic mass is 10.1. The molecule has 72 valence electrons. The first-order chi connectivity index (χ1) is 6.27. The van der Waals surface area contributed by atoms with Crippen molar-refractivity contribution in [1.82, 2.24) is 0 Å². The van der Waals surface area contributed by atoms with Crippen LogP contribution >= 0.6 is 15.9 Å². The van der Waals surface area contributed by atoms with Crippen LogP contribution in [0, 0.1) is 0 Å². The van der Waals surface area contributed by atoms with Gasteiger partial charge in [0.2, 0.25) is 0 Å². The topological polar surface area (TPSA) is 35.2 Å². The van der Waals surface area contributed by atoms with Crippen LogP contribution in [0.5, 0.6) is 5.75 Å². The summed E-state index contributed by atoms with van der Waals surface area (Å²) in [6.07, 6.45) is 0.908. The van der Waals surface area contributed by atoms with E-state index in [0.29, 0.717) is 13.2 Å². The molecule has 0 aliphatic rings. The van der Waals surface area contributed by atoms with Crippen molar-refractivity contribution in [1.29, 1.82) is 0 Å². The van der Waals surface area contributed by atoms with Crippen LogP contribution in [0.1, 0.15) is 12.5 Å².